The van der Waals surface area contributed by atoms with Crippen LogP contribution in [-0.4, -0.2) is 76.4 Å². The topological polar surface area (TPSA) is 99.6 Å². The largest absolute Gasteiger partial charge is 0.350 e. The molecular formula is C24H31FN6O3S. The molecule has 1 amide bonds. The number of amides is 1. The van der Waals surface area contributed by atoms with Crippen molar-refractivity contribution in [2.45, 2.75) is 63.3 Å². The zero-order valence-corrected chi connectivity index (χ0v) is 21.5. The van der Waals surface area contributed by atoms with Gasteiger partial charge in [-0.05, 0) is 39.3 Å². The van der Waals surface area contributed by atoms with Crippen LogP contribution in [0.25, 0.3) is 0 Å². The number of halogens is 1. The molecule has 3 aliphatic heterocycles. The molecule has 188 valence electrons. The Labute approximate surface area is 205 Å². The van der Waals surface area contributed by atoms with E-state index in [2.05, 4.69) is 33.7 Å². The van der Waals surface area contributed by atoms with Gasteiger partial charge in [-0.2, -0.15) is 0 Å². The van der Waals surface area contributed by atoms with Crippen LogP contribution in [0, 0.1) is 5.82 Å². The molecule has 11 heteroatoms. The van der Waals surface area contributed by atoms with E-state index in [0.717, 1.165) is 17.2 Å². The van der Waals surface area contributed by atoms with Crippen molar-refractivity contribution in [2.75, 3.05) is 35.2 Å². The van der Waals surface area contributed by atoms with Gasteiger partial charge < -0.3 is 14.7 Å². The summed E-state index contributed by atoms with van der Waals surface area (Å²) >= 11 is 0. The van der Waals surface area contributed by atoms with Crippen LogP contribution in [0.2, 0.25) is 0 Å². The molecule has 0 bridgehead atoms. The molecule has 0 spiro atoms. The van der Waals surface area contributed by atoms with Crippen LogP contribution in [0.4, 0.5) is 21.8 Å². The normalized spacial score (nSPS) is 29.0. The molecule has 9 nitrogen and oxygen atoms in total. The number of piperazine rings is 1. The highest BCUT2D eigenvalue weighted by Crippen LogP contribution is 2.47. The summed E-state index contributed by atoms with van der Waals surface area (Å²) < 4.78 is 36.9. The average Bonchev–Trinajstić information content (AvgIpc) is 3.10. The van der Waals surface area contributed by atoms with Crippen molar-refractivity contribution in [3.05, 3.63) is 36.0 Å². The molecule has 2 aromatic heterocycles. The molecule has 5 rings (SSSR count). The second-order valence-corrected chi connectivity index (χ2v) is 13.3. The average molecular weight is 503 g/mol. The van der Waals surface area contributed by atoms with Gasteiger partial charge in [-0.15, -0.1) is 0 Å². The van der Waals surface area contributed by atoms with Gasteiger partial charge in [0.05, 0.1) is 11.9 Å². The summed E-state index contributed by atoms with van der Waals surface area (Å²) in [7, 11) is -3.40. The maximum absolute atomic E-state index is 13.5. The minimum atomic E-state index is -3.40. The Morgan fingerprint density at radius 3 is 2.37 bits per heavy atom. The molecule has 3 atom stereocenters. The van der Waals surface area contributed by atoms with Gasteiger partial charge in [-0.1, -0.05) is 13.8 Å². The second-order valence-electron chi connectivity index (χ2n) is 10.8. The lowest BCUT2D eigenvalue weighted by Crippen LogP contribution is -2.66. The van der Waals surface area contributed by atoms with Crippen LogP contribution in [0.1, 0.15) is 46.6 Å². The van der Waals surface area contributed by atoms with Crippen molar-refractivity contribution < 1.29 is 17.6 Å². The Hall–Kier alpha value is -2.82. The van der Waals surface area contributed by atoms with E-state index in [-0.39, 0.29) is 29.2 Å². The third-order valence-corrected chi connectivity index (χ3v) is 10.3. The highest BCUT2D eigenvalue weighted by molar-refractivity contribution is 7.95. The Kier molecular flexibility index (Phi) is 5.35. The highest BCUT2D eigenvalue weighted by Gasteiger charge is 2.57. The van der Waals surface area contributed by atoms with Crippen molar-refractivity contribution in [3.8, 4) is 0 Å². The number of aromatic nitrogens is 3. The molecular weight excluding hydrogens is 471 g/mol. The lowest BCUT2D eigenvalue weighted by atomic mass is 9.87. The number of hydrogen-bond donors (Lipinski definition) is 0. The quantitative estimate of drug-likeness (QED) is 0.631. The van der Waals surface area contributed by atoms with E-state index < -0.39 is 20.4 Å². The first-order valence-corrected chi connectivity index (χ1v) is 13.6. The lowest BCUT2D eigenvalue weighted by molar-refractivity contribution is -0.137. The molecule has 0 radical (unpaired) electrons. The van der Waals surface area contributed by atoms with E-state index in [4.69, 9.17) is 0 Å². The zero-order chi connectivity index (χ0) is 25.3. The predicted molar refractivity (Wildman–Crippen MR) is 131 cm³/mol. The van der Waals surface area contributed by atoms with Gasteiger partial charge in [0.2, 0.25) is 5.91 Å². The van der Waals surface area contributed by atoms with Crippen molar-refractivity contribution in [3.63, 3.8) is 0 Å². The van der Waals surface area contributed by atoms with Crippen molar-refractivity contribution >= 4 is 33.2 Å². The Bertz CT molecular complexity index is 1280. The molecule has 0 unspecified atom stereocenters. The van der Waals surface area contributed by atoms with Crippen molar-refractivity contribution in [1.29, 1.82) is 0 Å². The summed E-state index contributed by atoms with van der Waals surface area (Å²) in [5, 5.41) is 0. The number of carbonyl (C=O) groups is 1. The Morgan fingerprint density at radius 1 is 1.06 bits per heavy atom. The van der Waals surface area contributed by atoms with Gasteiger partial charge in [0.15, 0.2) is 9.84 Å². The van der Waals surface area contributed by atoms with Gasteiger partial charge in [-0.25, -0.2) is 27.8 Å². The number of anilines is 3. The summed E-state index contributed by atoms with van der Waals surface area (Å²) in [6, 6.07) is 2.77. The second kappa shape index (κ2) is 7.84. The summed E-state index contributed by atoms with van der Waals surface area (Å²) in [5.41, 5.74) is 0.684. The smallest absolute Gasteiger partial charge is 0.244 e. The molecule has 2 aromatic rings. The van der Waals surface area contributed by atoms with E-state index in [1.54, 1.807) is 17.9 Å². The molecule has 2 fully saturated rings. The van der Waals surface area contributed by atoms with Crippen molar-refractivity contribution in [1.82, 2.24) is 19.9 Å². The predicted octanol–water partition coefficient (Wildman–Crippen LogP) is 2.44. The fraction of sp³-hybridized carbons (Fsp3) is 0.583. The van der Waals surface area contributed by atoms with Crippen molar-refractivity contribution in [2.24, 2.45) is 0 Å². The Balaban J connectivity index is 1.46. The number of carbonyl (C=O) groups excluding carboxylic acids is 1. The van der Waals surface area contributed by atoms with Crippen LogP contribution >= 0.6 is 0 Å². The minimum Gasteiger partial charge on any atom is -0.350 e. The van der Waals surface area contributed by atoms with Crippen LogP contribution < -0.4 is 9.80 Å². The summed E-state index contributed by atoms with van der Waals surface area (Å²) in [6.07, 6.45) is 3.10. The molecule has 3 aliphatic rings. The van der Waals surface area contributed by atoms with E-state index in [1.165, 1.54) is 18.6 Å². The first kappa shape index (κ1) is 23.9. The number of hydrogen-bond acceptors (Lipinski definition) is 8. The third kappa shape index (κ3) is 3.57. The van der Waals surface area contributed by atoms with Crippen LogP contribution in [0.3, 0.4) is 0 Å². The standard InChI is InChI=1S/C24H31FN6O3S/c1-15-12-30(22(32)24(5)8-9-35(24,33)34)16(2)11-29(15)20-19-21(28-14-27-20)31(13-23(19,3)4)18-7-6-17(25)10-26-18/h6-7,10,14-16H,8-9,11-13H2,1-5H3/t15-,16+,24-/m0/s1. The molecule has 5 heterocycles. The molecule has 0 N–H and O–H groups in total. The van der Waals surface area contributed by atoms with Gasteiger partial charge in [0.25, 0.3) is 0 Å². The maximum atomic E-state index is 13.5. The lowest BCUT2D eigenvalue weighted by Gasteiger charge is -2.49. The zero-order valence-electron chi connectivity index (χ0n) is 20.7. The summed E-state index contributed by atoms with van der Waals surface area (Å²) in [6.45, 7) is 11.3. The number of rotatable bonds is 3. The number of sulfone groups is 1. The monoisotopic (exact) mass is 502 g/mol. The molecule has 0 aliphatic carbocycles. The van der Waals surface area contributed by atoms with Gasteiger partial charge >= 0.3 is 0 Å². The number of fused-ring (bicyclic) bond motifs is 1. The Morgan fingerprint density at radius 2 is 1.77 bits per heavy atom. The van der Waals surface area contributed by atoms with E-state index in [1.807, 2.05) is 18.7 Å². The van der Waals surface area contributed by atoms with Crippen LogP contribution in [0.5, 0.6) is 0 Å². The summed E-state index contributed by atoms with van der Waals surface area (Å²) in [5.74, 6) is 1.54. The first-order chi connectivity index (χ1) is 16.4. The SMILES string of the molecule is C[C@@H]1CN(c2ncnc3c2C(C)(C)CN3c2ccc(F)cn2)[C@@H](C)CN1C(=O)[C@]1(C)CCS1(=O)=O. The van der Waals surface area contributed by atoms with E-state index >= 15 is 0 Å². The number of pyridine rings is 1. The fourth-order valence-corrected chi connectivity index (χ4v) is 7.02. The maximum Gasteiger partial charge on any atom is 0.244 e. The molecule has 0 aromatic carbocycles. The third-order valence-electron chi connectivity index (χ3n) is 7.79. The fourth-order valence-electron chi connectivity index (χ4n) is 5.48. The first-order valence-electron chi connectivity index (χ1n) is 11.9. The van der Waals surface area contributed by atoms with Gasteiger partial charge in [0.1, 0.15) is 34.3 Å². The van der Waals surface area contributed by atoms with Gasteiger partial charge in [0, 0.05) is 42.7 Å². The number of nitrogens with zero attached hydrogens (tertiary/aromatic N) is 6. The van der Waals surface area contributed by atoms with E-state index in [9.17, 15) is 17.6 Å². The van der Waals surface area contributed by atoms with Crippen LogP contribution in [0.15, 0.2) is 24.7 Å². The summed E-state index contributed by atoms with van der Waals surface area (Å²) in [4.78, 5) is 32.7. The highest BCUT2D eigenvalue weighted by atomic mass is 32.2. The van der Waals surface area contributed by atoms with Crippen LogP contribution in [-0.2, 0) is 20.0 Å². The molecule has 2 saturated heterocycles. The molecule has 35 heavy (non-hydrogen) atoms. The van der Waals surface area contributed by atoms with E-state index in [0.29, 0.717) is 31.9 Å². The van der Waals surface area contributed by atoms with Gasteiger partial charge in [-0.3, -0.25) is 4.79 Å². The minimum absolute atomic E-state index is 0.0701. The molecule has 0 saturated carbocycles.